The van der Waals surface area contributed by atoms with Gasteiger partial charge in [-0.15, -0.1) is 0 Å². The standard InChI is InChI=1S/C21H34N4O3/c1-15-10-22-25(11-15)19-8-16-12-24(18-4-6-27-7-5-18)13-17(16)9-20(19)28-14-21(26)23(2)3/h10-11,16-20H,4-9,12-14H2,1-3H3/t16-,17+,19-,20-/m0/s1. The molecule has 1 amide bonds. The Balaban J connectivity index is 1.46. The number of hydrogen-bond acceptors (Lipinski definition) is 5. The molecular formula is C21H34N4O3. The van der Waals surface area contributed by atoms with Crippen molar-refractivity contribution in [1.82, 2.24) is 19.6 Å². The van der Waals surface area contributed by atoms with E-state index in [1.165, 1.54) is 12.1 Å². The molecule has 3 aliphatic rings. The zero-order valence-corrected chi connectivity index (χ0v) is 17.4. The average molecular weight is 391 g/mol. The highest BCUT2D eigenvalue weighted by molar-refractivity contribution is 5.76. The fraction of sp³-hybridized carbons (Fsp3) is 0.810. The Morgan fingerprint density at radius 1 is 1.25 bits per heavy atom. The van der Waals surface area contributed by atoms with Crippen molar-refractivity contribution in [2.24, 2.45) is 11.8 Å². The van der Waals surface area contributed by atoms with Crippen LogP contribution >= 0.6 is 0 Å². The lowest BCUT2D eigenvalue weighted by Gasteiger charge is -2.38. The predicted octanol–water partition coefficient (Wildman–Crippen LogP) is 1.73. The summed E-state index contributed by atoms with van der Waals surface area (Å²) < 4.78 is 13.8. The number of aryl methyl sites for hydroxylation is 1. The summed E-state index contributed by atoms with van der Waals surface area (Å²) in [7, 11) is 3.55. The van der Waals surface area contributed by atoms with Gasteiger partial charge in [0.2, 0.25) is 5.91 Å². The Hall–Kier alpha value is -1.44. The molecule has 2 saturated heterocycles. The number of rotatable bonds is 5. The van der Waals surface area contributed by atoms with Crippen LogP contribution in [-0.2, 0) is 14.3 Å². The Morgan fingerprint density at radius 3 is 2.61 bits per heavy atom. The summed E-state index contributed by atoms with van der Waals surface area (Å²) in [5.41, 5.74) is 1.17. The summed E-state index contributed by atoms with van der Waals surface area (Å²) in [6, 6.07) is 0.874. The van der Waals surface area contributed by atoms with Crippen LogP contribution in [-0.4, -0.2) is 84.6 Å². The molecule has 7 nitrogen and oxygen atoms in total. The largest absolute Gasteiger partial charge is 0.381 e. The number of likely N-dealkylation sites (N-methyl/N-ethyl adjacent to an activating group) is 1. The zero-order valence-electron chi connectivity index (χ0n) is 17.4. The fourth-order valence-electron chi connectivity index (χ4n) is 5.15. The first-order valence-corrected chi connectivity index (χ1v) is 10.7. The molecular weight excluding hydrogens is 356 g/mol. The van der Waals surface area contributed by atoms with Gasteiger partial charge < -0.3 is 14.4 Å². The Labute approximate surface area is 167 Å². The van der Waals surface area contributed by atoms with Crippen LogP contribution in [0.2, 0.25) is 0 Å². The van der Waals surface area contributed by atoms with Gasteiger partial charge in [-0.25, -0.2) is 0 Å². The van der Waals surface area contributed by atoms with Crippen molar-refractivity contribution < 1.29 is 14.3 Å². The van der Waals surface area contributed by atoms with Crippen molar-refractivity contribution in [3.8, 4) is 0 Å². The molecule has 4 rings (SSSR count). The van der Waals surface area contributed by atoms with Crippen molar-refractivity contribution >= 4 is 5.91 Å². The molecule has 2 aliphatic heterocycles. The van der Waals surface area contributed by atoms with Crippen molar-refractivity contribution in [1.29, 1.82) is 0 Å². The third kappa shape index (κ3) is 4.26. The number of likely N-dealkylation sites (tertiary alicyclic amines) is 1. The van der Waals surface area contributed by atoms with E-state index in [0.717, 1.165) is 45.4 Å². The third-order valence-corrected chi connectivity index (χ3v) is 6.81. The SMILES string of the molecule is Cc1cnn([C@H]2C[C@H]3CN(C4CCOCC4)C[C@H]3C[C@@H]2OCC(=O)N(C)C)c1. The van der Waals surface area contributed by atoms with Crippen molar-refractivity contribution in [3.63, 3.8) is 0 Å². The number of nitrogens with zero attached hydrogens (tertiary/aromatic N) is 4. The monoisotopic (exact) mass is 390 g/mol. The fourth-order valence-corrected chi connectivity index (χ4v) is 5.15. The van der Waals surface area contributed by atoms with E-state index < -0.39 is 0 Å². The highest BCUT2D eigenvalue weighted by Crippen LogP contribution is 2.43. The van der Waals surface area contributed by atoms with Gasteiger partial charge in [-0.2, -0.15) is 5.10 Å². The molecule has 0 N–H and O–H groups in total. The van der Waals surface area contributed by atoms with Crippen LogP contribution in [0.4, 0.5) is 0 Å². The third-order valence-electron chi connectivity index (χ3n) is 6.81. The van der Waals surface area contributed by atoms with Gasteiger partial charge in [-0.3, -0.25) is 14.4 Å². The molecule has 0 bridgehead atoms. The summed E-state index contributed by atoms with van der Waals surface area (Å²) >= 11 is 0. The number of carbonyl (C=O) groups is 1. The van der Waals surface area contributed by atoms with E-state index in [4.69, 9.17) is 9.47 Å². The topological polar surface area (TPSA) is 59.8 Å². The molecule has 0 spiro atoms. The lowest BCUT2D eigenvalue weighted by atomic mass is 9.77. The molecule has 0 radical (unpaired) electrons. The minimum atomic E-state index is 0.0211. The lowest BCUT2D eigenvalue weighted by molar-refractivity contribution is -0.138. The maximum atomic E-state index is 12.1. The summed E-state index contributed by atoms with van der Waals surface area (Å²) in [5.74, 6) is 1.35. The van der Waals surface area contributed by atoms with Crippen LogP contribution in [0.1, 0.15) is 37.3 Å². The Kier molecular flexibility index (Phi) is 6.04. The van der Waals surface area contributed by atoms with Crippen LogP contribution in [0.5, 0.6) is 0 Å². The minimum absolute atomic E-state index is 0.0211. The quantitative estimate of drug-likeness (QED) is 0.766. The molecule has 1 saturated carbocycles. The van der Waals surface area contributed by atoms with Gasteiger partial charge >= 0.3 is 0 Å². The molecule has 3 fully saturated rings. The maximum absolute atomic E-state index is 12.1. The second kappa shape index (κ2) is 8.51. The summed E-state index contributed by atoms with van der Waals surface area (Å²) in [5, 5.41) is 4.59. The summed E-state index contributed by atoms with van der Waals surface area (Å²) in [6.07, 6.45) is 8.45. The van der Waals surface area contributed by atoms with Crippen LogP contribution in [0.25, 0.3) is 0 Å². The van der Waals surface area contributed by atoms with Gasteiger partial charge in [-0.05, 0) is 50.0 Å². The van der Waals surface area contributed by atoms with E-state index in [2.05, 4.69) is 27.8 Å². The number of amides is 1. The Bertz CT molecular complexity index is 670. The number of aromatic nitrogens is 2. The average Bonchev–Trinajstić information content (AvgIpc) is 3.31. The molecule has 1 aromatic heterocycles. The molecule has 3 heterocycles. The van der Waals surface area contributed by atoms with E-state index in [9.17, 15) is 4.79 Å². The molecule has 1 aliphatic carbocycles. The summed E-state index contributed by atoms with van der Waals surface area (Å²) in [6.45, 7) is 6.34. The normalized spacial score (nSPS) is 31.7. The van der Waals surface area contributed by atoms with E-state index in [0.29, 0.717) is 17.9 Å². The first-order chi connectivity index (χ1) is 13.5. The minimum Gasteiger partial charge on any atom is -0.381 e. The van der Waals surface area contributed by atoms with Gasteiger partial charge in [-0.1, -0.05) is 0 Å². The molecule has 1 aromatic rings. The van der Waals surface area contributed by atoms with E-state index in [1.807, 2.05) is 6.20 Å². The van der Waals surface area contributed by atoms with Crippen LogP contribution in [0.15, 0.2) is 12.4 Å². The zero-order chi connectivity index (χ0) is 19.7. The van der Waals surface area contributed by atoms with Crippen molar-refractivity contribution in [2.45, 2.75) is 50.8 Å². The predicted molar refractivity (Wildman–Crippen MR) is 106 cm³/mol. The van der Waals surface area contributed by atoms with Crippen LogP contribution in [0.3, 0.4) is 0 Å². The van der Waals surface area contributed by atoms with Crippen LogP contribution < -0.4 is 0 Å². The Morgan fingerprint density at radius 2 is 1.96 bits per heavy atom. The number of carbonyl (C=O) groups excluding carboxylic acids is 1. The molecule has 7 heteroatoms. The van der Waals surface area contributed by atoms with Crippen molar-refractivity contribution in [3.05, 3.63) is 18.0 Å². The van der Waals surface area contributed by atoms with Gasteiger partial charge in [0.1, 0.15) is 6.61 Å². The van der Waals surface area contributed by atoms with E-state index in [1.54, 1.807) is 19.0 Å². The molecule has 156 valence electrons. The highest BCUT2D eigenvalue weighted by Gasteiger charge is 2.45. The van der Waals surface area contributed by atoms with Gasteiger partial charge in [0.05, 0.1) is 18.3 Å². The summed E-state index contributed by atoms with van der Waals surface area (Å²) in [4.78, 5) is 16.4. The van der Waals surface area contributed by atoms with Crippen LogP contribution in [0, 0.1) is 18.8 Å². The van der Waals surface area contributed by atoms with E-state index in [-0.39, 0.29) is 24.7 Å². The number of hydrogen-bond donors (Lipinski definition) is 0. The molecule has 0 unspecified atom stereocenters. The second-order valence-corrected chi connectivity index (χ2v) is 8.99. The van der Waals surface area contributed by atoms with Gasteiger partial charge in [0.25, 0.3) is 0 Å². The van der Waals surface area contributed by atoms with Gasteiger partial charge in [0, 0.05) is 52.6 Å². The first kappa shape index (κ1) is 19.9. The maximum Gasteiger partial charge on any atom is 0.248 e. The highest BCUT2D eigenvalue weighted by atomic mass is 16.5. The van der Waals surface area contributed by atoms with Gasteiger partial charge in [0.15, 0.2) is 0 Å². The molecule has 4 atom stereocenters. The first-order valence-electron chi connectivity index (χ1n) is 10.7. The number of fused-ring (bicyclic) bond motifs is 1. The lowest BCUT2D eigenvalue weighted by Crippen LogP contribution is -2.40. The van der Waals surface area contributed by atoms with E-state index >= 15 is 0 Å². The van der Waals surface area contributed by atoms with Crippen molar-refractivity contribution in [2.75, 3.05) is 47.0 Å². The second-order valence-electron chi connectivity index (χ2n) is 8.99. The molecule has 0 aromatic carbocycles. The molecule has 28 heavy (non-hydrogen) atoms. The number of ether oxygens (including phenoxy) is 2. The smallest absolute Gasteiger partial charge is 0.248 e.